The minimum Gasteiger partial charge on any atom is -0.352 e. The number of aromatic nitrogens is 1. The van der Waals surface area contributed by atoms with Crippen molar-refractivity contribution in [3.8, 4) is 0 Å². The van der Waals surface area contributed by atoms with Crippen molar-refractivity contribution >= 4 is 33.4 Å². The number of hydrogen-bond donors (Lipinski definition) is 1. The van der Waals surface area contributed by atoms with E-state index < -0.39 is 0 Å². The maximum absolute atomic E-state index is 12.1. The van der Waals surface area contributed by atoms with Crippen LogP contribution >= 0.6 is 27.5 Å². The van der Waals surface area contributed by atoms with Gasteiger partial charge in [0.05, 0.1) is 5.56 Å². The largest absolute Gasteiger partial charge is 0.352 e. The molecule has 1 aromatic rings. The first-order valence-electron chi connectivity index (χ1n) is 6.91. The van der Waals surface area contributed by atoms with Crippen LogP contribution in [0.4, 0.5) is 0 Å². The van der Waals surface area contributed by atoms with Crippen molar-refractivity contribution in [2.24, 2.45) is 5.92 Å². The highest BCUT2D eigenvalue weighted by atomic mass is 79.9. The Morgan fingerprint density at radius 3 is 2.90 bits per heavy atom. The van der Waals surface area contributed by atoms with Gasteiger partial charge in [-0.1, -0.05) is 18.5 Å². The van der Waals surface area contributed by atoms with Crippen LogP contribution in [0.2, 0.25) is 5.15 Å². The second kappa shape index (κ2) is 7.38. The van der Waals surface area contributed by atoms with Crippen LogP contribution < -0.4 is 5.32 Å². The molecule has 1 aromatic heterocycles. The number of carbonyl (C=O) groups is 1. The zero-order valence-corrected chi connectivity index (χ0v) is 13.9. The van der Waals surface area contributed by atoms with Gasteiger partial charge in [-0.25, -0.2) is 4.98 Å². The van der Waals surface area contributed by atoms with Crippen LogP contribution in [-0.4, -0.2) is 42.0 Å². The molecule has 1 amide bonds. The van der Waals surface area contributed by atoms with Gasteiger partial charge in [0.1, 0.15) is 5.15 Å². The quantitative estimate of drug-likeness (QED) is 0.840. The van der Waals surface area contributed by atoms with Crippen molar-refractivity contribution in [1.82, 2.24) is 15.2 Å². The summed E-state index contributed by atoms with van der Waals surface area (Å²) in [5.41, 5.74) is 0.423. The molecule has 2 rings (SSSR count). The fourth-order valence-electron chi connectivity index (χ4n) is 2.42. The van der Waals surface area contributed by atoms with Gasteiger partial charge in [0.15, 0.2) is 0 Å². The molecule has 0 aliphatic carbocycles. The molecule has 0 bridgehead atoms. The van der Waals surface area contributed by atoms with Crippen molar-refractivity contribution in [2.75, 3.05) is 26.2 Å². The maximum Gasteiger partial charge on any atom is 0.254 e. The average Bonchev–Trinajstić information content (AvgIpc) is 2.47. The molecular weight excluding hydrogens is 342 g/mol. The van der Waals surface area contributed by atoms with Gasteiger partial charge in [-0.3, -0.25) is 4.79 Å². The summed E-state index contributed by atoms with van der Waals surface area (Å²) < 4.78 is 0.753. The van der Waals surface area contributed by atoms with Crippen LogP contribution in [-0.2, 0) is 0 Å². The Morgan fingerprint density at radius 2 is 2.25 bits per heavy atom. The first-order chi connectivity index (χ1) is 9.60. The summed E-state index contributed by atoms with van der Waals surface area (Å²) >= 11 is 9.25. The second-order valence-corrected chi connectivity index (χ2v) is 6.35. The summed E-state index contributed by atoms with van der Waals surface area (Å²) in [6.45, 7) is 6.24. The van der Waals surface area contributed by atoms with Crippen LogP contribution in [0.5, 0.6) is 0 Å². The summed E-state index contributed by atoms with van der Waals surface area (Å²) in [4.78, 5) is 18.5. The highest BCUT2D eigenvalue weighted by Crippen LogP contribution is 2.19. The SMILES string of the molecule is CCN1CCC(CNC(=O)c2cc(Br)cnc2Cl)CC1. The predicted octanol–water partition coefficient (Wildman–Crippen LogP) is 2.96. The Kier molecular flexibility index (Phi) is 5.81. The molecule has 1 N–H and O–H groups in total. The third-order valence-electron chi connectivity index (χ3n) is 3.76. The molecule has 0 aromatic carbocycles. The Morgan fingerprint density at radius 1 is 1.55 bits per heavy atom. The van der Waals surface area contributed by atoms with Gasteiger partial charge in [0.25, 0.3) is 5.91 Å². The van der Waals surface area contributed by atoms with Crippen LogP contribution in [0.3, 0.4) is 0 Å². The van der Waals surface area contributed by atoms with E-state index in [9.17, 15) is 4.79 Å². The molecule has 20 heavy (non-hydrogen) atoms. The van der Waals surface area contributed by atoms with E-state index in [0.29, 0.717) is 18.0 Å². The van der Waals surface area contributed by atoms with E-state index in [1.165, 1.54) is 0 Å². The van der Waals surface area contributed by atoms with E-state index in [2.05, 4.69) is 38.1 Å². The van der Waals surface area contributed by atoms with Gasteiger partial charge >= 0.3 is 0 Å². The van der Waals surface area contributed by atoms with Gasteiger partial charge in [-0.2, -0.15) is 0 Å². The lowest BCUT2D eigenvalue weighted by atomic mass is 9.97. The Balaban J connectivity index is 1.85. The fraction of sp³-hybridized carbons (Fsp3) is 0.571. The Bertz CT molecular complexity index is 475. The summed E-state index contributed by atoms with van der Waals surface area (Å²) in [5, 5.41) is 3.21. The Hall–Kier alpha value is -0.650. The number of carbonyl (C=O) groups excluding carboxylic acids is 1. The van der Waals surface area contributed by atoms with Gasteiger partial charge in [0, 0.05) is 17.2 Å². The first kappa shape index (κ1) is 15.7. The number of amides is 1. The fourth-order valence-corrected chi connectivity index (χ4v) is 2.94. The molecule has 1 fully saturated rings. The molecule has 0 unspecified atom stereocenters. The molecule has 110 valence electrons. The third-order valence-corrected chi connectivity index (χ3v) is 4.49. The van der Waals surface area contributed by atoms with Crippen LogP contribution in [0.15, 0.2) is 16.7 Å². The summed E-state index contributed by atoms with van der Waals surface area (Å²) in [7, 11) is 0. The molecule has 0 radical (unpaired) electrons. The number of rotatable bonds is 4. The van der Waals surface area contributed by atoms with Crippen molar-refractivity contribution in [2.45, 2.75) is 19.8 Å². The van der Waals surface area contributed by atoms with Gasteiger partial charge < -0.3 is 10.2 Å². The lowest BCUT2D eigenvalue weighted by molar-refractivity contribution is 0.0936. The van der Waals surface area contributed by atoms with Crippen molar-refractivity contribution in [1.29, 1.82) is 0 Å². The minimum atomic E-state index is -0.151. The minimum absolute atomic E-state index is 0.151. The number of pyridine rings is 1. The normalized spacial score (nSPS) is 17.1. The highest BCUT2D eigenvalue weighted by molar-refractivity contribution is 9.10. The number of halogens is 2. The lowest BCUT2D eigenvalue weighted by Crippen LogP contribution is -2.38. The van der Waals surface area contributed by atoms with E-state index in [1.54, 1.807) is 12.3 Å². The summed E-state index contributed by atoms with van der Waals surface area (Å²) in [5.74, 6) is 0.405. The summed E-state index contributed by atoms with van der Waals surface area (Å²) in [6, 6.07) is 1.70. The monoisotopic (exact) mass is 359 g/mol. The lowest BCUT2D eigenvalue weighted by Gasteiger charge is -2.31. The number of likely N-dealkylation sites (tertiary alicyclic amines) is 1. The van der Waals surface area contributed by atoms with E-state index in [1.807, 2.05) is 0 Å². The van der Waals surface area contributed by atoms with Gasteiger partial charge in [0.2, 0.25) is 0 Å². The van der Waals surface area contributed by atoms with Crippen molar-refractivity contribution < 1.29 is 4.79 Å². The number of hydrogen-bond acceptors (Lipinski definition) is 3. The number of nitrogens with one attached hydrogen (secondary N) is 1. The van der Waals surface area contributed by atoms with Crippen molar-refractivity contribution in [3.63, 3.8) is 0 Å². The zero-order valence-electron chi connectivity index (χ0n) is 11.5. The molecular formula is C14H19BrClN3O. The molecule has 4 nitrogen and oxygen atoms in total. The predicted molar refractivity (Wildman–Crippen MR) is 84.1 cm³/mol. The van der Waals surface area contributed by atoms with E-state index in [0.717, 1.165) is 36.9 Å². The topological polar surface area (TPSA) is 45.2 Å². The molecule has 1 aliphatic rings. The van der Waals surface area contributed by atoms with Gasteiger partial charge in [-0.15, -0.1) is 0 Å². The van der Waals surface area contributed by atoms with Crippen LogP contribution in [0.1, 0.15) is 30.1 Å². The highest BCUT2D eigenvalue weighted by Gasteiger charge is 2.19. The van der Waals surface area contributed by atoms with Gasteiger partial charge in [-0.05, 0) is 60.4 Å². The third kappa shape index (κ3) is 4.17. The maximum atomic E-state index is 12.1. The molecule has 0 atom stereocenters. The Labute approximate surface area is 133 Å². The zero-order chi connectivity index (χ0) is 14.5. The van der Waals surface area contributed by atoms with E-state index in [4.69, 9.17) is 11.6 Å². The molecule has 6 heteroatoms. The molecule has 0 saturated carbocycles. The first-order valence-corrected chi connectivity index (χ1v) is 8.08. The summed E-state index contributed by atoms with van der Waals surface area (Å²) in [6.07, 6.45) is 3.86. The molecule has 1 saturated heterocycles. The molecule has 2 heterocycles. The van der Waals surface area contributed by atoms with Crippen LogP contribution in [0.25, 0.3) is 0 Å². The number of nitrogens with zero attached hydrogens (tertiary/aromatic N) is 2. The number of piperidine rings is 1. The van der Waals surface area contributed by atoms with E-state index >= 15 is 0 Å². The molecule has 0 spiro atoms. The average molecular weight is 361 g/mol. The standard InChI is InChI=1S/C14H19BrClN3O/c1-2-19-5-3-10(4-6-19)8-18-14(20)12-7-11(15)9-17-13(12)16/h7,9-10H,2-6,8H2,1H3,(H,18,20). The van der Waals surface area contributed by atoms with Crippen molar-refractivity contribution in [3.05, 3.63) is 27.5 Å². The van der Waals surface area contributed by atoms with Crippen LogP contribution in [0, 0.1) is 5.92 Å². The van der Waals surface area contributed by atoms with E-state index in [-0.39, 0.29) is 11.1 Å². The second-order valence-electron chi connectivity index (χ2n) is 5.08. The molecule has 1 aliphatic heterocycles. The smallest absolute Gasteiger partial charge is 0.254 e.